The molecule has 0 saturated carbocycles. The molecule has 0 aliphatic heterocycles. The number of sulfonamides is 1. The van der Waals surface area contributed by atoms with E-state index in [1.807, 2.05) is 20.8 Å². The van der Waals surface area contributed by atoms with Crippen LogP contribution in [0.1, 0.15) is 27.2 Å². The van der Waals surface area contributed by atoms with E-state index in [1.54, 1.807) is 14.1 Å². The van der Waals surface area contributed by atoms with Gasteiger partial charge in [0.2, 0.25) is 10.0 Å². The van der Waals surface area contributed by atoms with Crippen LogP contribution in [-0.2, 0) is 10.0 Å². The van der Waals surface area contributed by atoms with E-state index in [0.29, 0.717) is 6.42 Å². The van der Waals surface area contributed by atoms with Crippen molar-refractivity contribution >= 4 is 10.0 Å². The summed E-state index contributed by atoms with van der Waals surface area (Å²) in [6.07, 6.45) is 0.702. The summed E-state index contributed by atoms with van der Waals surface area (Å²) in [4.78, 5) is 0. The quantitative estimate of drug-likeness (QED) is 0.678. The van der Waals surface area contributed by atoms with Crippen LogP contribution in [0, 0.1) is 5.41 Å². The van der Waals surface area contributed by atoms with Crippen LogP contribution in [-0.4, -0.2) is 32.6 Å². The summed E-state index contributed by atoms with van der Waals surface area (Å²) < 4.78 is 23.9. The Morgan fingerprint density at radius 1 is 1.17 bits per heavy atom. The lowest BCUT2D eigenvalue weighted by molar-refractivity contribution is 0.392. The third-order valence-corrected chi connectivity index (χ3v) is 3.50. The summed E-state index contributed by atoms with van der Waals surface area (Å²) in [7, 11) is 0.137. The number of rotatable bonds is 3. The first-order chi connectivity index (χ1) is 5.15. The minimum Gasteiger partial charge on any atom is -0.212 e. The predicted molar refractivity (Wildman–Crippen MR) is 51.5 cm³/mol. The first-order valence-electron chi connectivity index (χ1n) is 4.05. The van der Waals surface area contributed by atoms with E-state index in [-0.39, 0.29) is 11.2 Å². The van der Waals surface area contributed by atoms with Gasteiger partial charge < -0.3 is 0 Å². The van der Waals surface area contributed by atoms with Gasteiger partial charge in [0.1, 0.15) is 0 Å². The molecule has 74 valence electrons. The fraction of sp³-hybridized carbons (Fsp3) is 1.00. The van der Waals surface area contributed by atoms with E-state index in [9.17, 15) is 8.42 Å². The smallest absolute Gasteiger partial charge is 0.212 e. The highest BCUT2D eigenvalue weighted by Gasteiger charge is 2.18. The van der Waals surface area contributed by atoms with E-state index < -0.39 is 10.0 Å². The van der Waals surface area contributed by atoms with Gasteiger partial charge in [-0.25, -0.2) is 12.7 Å². The van der Waals surface area contributed by atoms with Crippen LogP contribution in [0.3, 0.4) is 0 Å². The Morgan fingerprint density at radius 3 is 1.83 bits per heavy atom. The average Bonchev–Trinajstić information content (AvgIpc) is 1.82. The molecule has 0 atom stereocenters. The molecule has 0 aromatic carbocycles. The molecular formula is C8H19NO2S. The summed E-state index contributed by atoms with van der Waals surface area (Å²) in [5, 5.41) is 0. The van der Waals surface area contributed by atoms with Crippen molar-refractivity contribution in [3.8, 4) is 0 Å². The van der Waals surface area contributed by atoms with Crippen LogP contribution < -0.4 is 0 Å². The highest BCUT2D eigenvalue weighted by atomic mass is 32.2. The maximum absolute atomic E-state index is 11.3. The fourth-order valence-electron chi connectivity index (χ4n) is 0.618. The molecule has 0 bridgehead atoms. The summed E-state index contributed by atoms with van der Waals surface area (Å²) in [6, 6.07) is 0. The molecule has 0 N–H and O–H groups in total. The topological polar surface area (TPSA) is 37.4 Å². The summed E-state index contributed by atoms with van der Waals surface area (Å²) in [6.45, 7) is 6.12. The standard InChI is InChI=1S/C8H19NO2S/c1-8(2,3)6-7-12(10,11)9(4)5/h6-7H2,1-5H3. The van der Waals surface area contributed by atoms with Gasteiger partial charge in [-0.2, -0.15) is 0 Å². The van der Waals surface area contributed by atoms with E-state index in [0.717, 1.165) is 0 Å². The molecule has 0 saturated heterocycles. The highest BCUT2D eigenvalue weighted by molar-refractivity contribution is 7.89. The van der Waals surface area contributed by atoms with Gasteiger partial charge in [0.05, 0.1) is 5.75 Å². The van der Waals surface area contributed by atoms with Gasteiger partial charge in [-0.05, 0) is 11.8 Å². The normalized spacial score (nSPS) is 13.8. The van der Waals surface area contributed by atoms with Gasteiger partial charge in [-0.3, -0.25) is 0 Å². The van der Waals surface area contributed by atoms with Crippen molar-refractivity contribution in [1.29, 1.82) is 0 Å². The average molecular weight is 193 g/mol. The zero-order valence-electron chi connectivity index (χ0n) is 8.59. The van der Waals surface area contributed by atoms with Crippen molar-refractivity contribution in [2.45, 2.75) is 27.2 Å². The molecule has 0 unspecified atom stereocenters. The molecule has 12 heavy (non-hydrogen) atoms. The molecule has 0 heterocycles. The van der Waals surface area contributed by atoms with Crippen LogP contribution in [0.2, 0.25) is 0 Å². The van der Waals surface area contributed by atoms with Crippen molar-refractivity contribution in [3.05, 3.63) is 0 Å². The third-order valence-electron chi connectivity index (χ3n) is 1.67. The molecule has 0 rings (SSSR count). The van der Waals surface area contributed by atoms with Crippen molar-refractivity contribution in [3.63, 3.8) is 0 Å². The number of hydrogen-bond donors (Lipinski definition) is 0. The second-order valence-corrected chi connectivity index (χ2v) is 6.71. The summed E-state index contributed by atoms with van der Waals surface area (Å²) in [5.41, 5.74) is 0.0864. The zero-order chi connectivity index (χ0) is 9.99. The molecule has 0 spiro atoms. The van der Waals surface area contributed by atoms with Crippen LogP contribution in [0.4, 0.5) is 0 Å². The zero-order valence-corrected chi connectivity index (χ0v) is 9.40. The molecule has 0 radical (unpaired) electrons. The third kappa shape index (κ3) is 4.72. The van der Waals surface area contributed by atoms with E-state index in [2.05, 4.69) is 0 Å². The maximum Gasteiger partial charge on any atom is 0.213 e. The molecule has 0 fully saturated rings. The van der Waals surface area contributed by atoms with Crippen LogP contribution in [0.5, 0.6) is 0 Å². The second kappa shape index (κ2) is 3.75. The van der Waals surface area contributed by atoms with Gasteiger partial charge in [0.25, 0.3) is 0 Å². The predicted octanol–water partition coefficient (Wildman–Crippen LogP) is 1.31. The highest BCUT2D eigenvalue weighted by Crippen LogP contribution is 2.19. The SMILES string of the molecule is CN(C)S(=O)(=O)CCC(C)(C)C. The molecule has 0 aliphatic carbocycles. The van der Waals surface area contributed by atoms with Gasteiger partial charge in [-0.15, -0.1) is 0 Å². The van der Waals surface area contributed by atoms with Gasteiger partial charge in [0.15, 0.2) is 0 Å². The summed E-state index contributed by atoms with van der Waals surface area (Å²) in [5.74, 6) is 0.240. The lowest BCUT2D eigenvalue weighted by Crippen LogP contribution is -2.27. The molecule has 4 heteroatoms. The molecule has 0 amide bonds. The number of nitrogens with zero attached hydrogens (tertiary/aromatic N) is 1. The monoisotopic (exact) mass is 193 g/mol. The largest absolute Gasteiger partial charge is 0.213 e. The Bertz CT molecular complexity index is 224. The molecule has 0 aromatic heterocycles. The van der Waals surface area contributed by atoms with Crippen LogP contribution in [0.25, 0.3) is 0 Å². The Hall–Kier alpha value is -0.0900. The minimum absolute atomic E-state index is 0.0864. The van der Waals surface area contributed by atoms with E-state index in [1.165, 1.54) is 4.31 Å². The number of hydrogen-bond acceptors (Lipinski definition) is 2. The van der Waals surface area contributed by atoms with Crippen molar-refractivity contribution in [1.82, 2.24) is 4.31 Å². The second-order valence-electron chi connectivity index (χ2n) is 4.41. The summed E-state index contributed by atoms with van der Waals surface area (Å²) >= 11 is 0. The Morgan fingerprint density at radius 2 is 1.58 bits per heavy atom. The van der Waals surface area contributed by atoms with Gasteiger partial charge in [-0.1, -0.05) is 20.8 Å². The lowest BCUT2D eigenvalue weighted by atomic mass is 9.94. The Labute approximate surface area is 75.8 Å². The minimum atomic E-state index is -3.00. The molecule has 0 aromatic rings. The van der Waals surface area contributed by atoms with Gasteiger partial charge in [0, 0.05) is 14.1 Å². The van der Waals surface area contributed by atoms with Crippen molar-refractivity contribution in [2.24, 2.45) is 5.41 Å². The molecule has 0 aliphatic rings. The van der Waals surface area contributed by atoms with Crippen molar-refractivity contribution < 1.29 is 8.42 Å². The maximum atomic E-state index is 11.3. The first-order valence-corrected chi connectivity index (χ1v) is 5.66. The van der Waals surface area contributed by atoms with E-state index in [4.69, 9.17) is 0 Å². The Balaban J connectivity index is 4.12. The van der Waals surface area contributed by atoms with Crippen molar-refractivity contribution in [2.75, 3.05) is 19.8 Å². The van der Waals surface area contributed by atoms with Crippen LogP contribution in [0.15, 0.2) is 0 Å². The first kappa shape index (κ1) is 11.9. The van der Waals surface area contributed by atoms with E-state index >= 15 is 0 Å². The van der Waals surface area contributed by atoms with Gasteiger partial charge >= 0.3 is 0 Å². The fourth-order valence-corrected chi connectivity index (χ4v) is 1.85. The molecular weight excluding hydrogens is 174 g/mol. The Kier molecular flexibility index (Phi) is 3.72. The molecule has 3 nitrogen and oxygen atoms in total. The lowest BCUT2D eigenvalue weighted by Gasteiger charge is -2.19. The van der Waals surface area contributed by atoms with Crippen LogP contribution >= 0.6 is 0 Å².